The molecule has 0 radical (unpaired) electrons. The van der Waals surface area contributed by atoms with Crippen molar-refractivity contribution in [1.29, 1.82) is 0 Å². The number of rotatable bonds is 6. The van der Waals surface area contributed by atoms with Gasteiger partial charge >= 0.3 is 6.03 Å². The van der Waals surface area contributed by atoms with Gasteiger partial charge in [0.2, 0.25) is 5.91 Å². The topological polar surface area (TPSA) is 64.7 Å². The highest BCUT2D eigenvalue weighted by molar-refractivity contribution is 5.79. The van der Waals surface area contributed by atoms with E-state index in [4.69, 9.17) is 0 Å². The van der Waals surface area contributed by atoms with Gasteiger partial charge in [0.15, 0.2) is 0 Å². The molecule has 3 amide bonds. The van der Waals surface area contributed by atoms with Crippen molar-refractivity contribution in [3.05, 3.63) is 0 Å². The molecule has 126 valence electrons. The van der Waals surface area contributed by atoms with Gasteiger partial charge in [-0.2, -0.15) is 0 Å². The van der Waals surface area contributed by atoms with Crippen LogP contribution in [-0.4, -0.2) is 67.6 Å². The third-order valence-corrected chi connectivity index (χ3v) is 4.63. The fourth-order valence-corrected chi connectivity index (χ4v) is 3.27. The van der Waals surface area contributed by atoms with E-state index in [1.54, 1.807) is 4.90 Å². The Morgan fingerprint density at radius 3 is 2.36 bits per heavy atom. The van der Waals surface area contributed by atoms with Gasteiger partial charge in [0.1, 0.15) is 0 Å². The third kappa shape index (κ3) is 5.16. The van der Waals surface area contributed by atoms with E-state index in [0.717, 1.165) is 32.4 Å². The number of carbonyl (C=O) groups excluding carboxylic acids is 2. The Morgan fingerprint density at radius 2 is 1.73 bits per heavy atom. The molecule has 2 saturated heterocycles. The Balaban J connectivity index is 1.57. The lowest BCUT2D eigenvalue weighted by Crippen LogP contribution is -2.47. The molecule has 2 aliphatic heterocycles. The summed E-state index contributed by atoms with van der Waals surface area (Å²) in [5.74, 6) is 0.231. The zero-order valence-electron chi connectivity index (χ0n) is 13.8. The van der Waals surface area contributed by atoms with Crippen LogP contribution in [0, 0.1) is 5.92 Å². The first kappa shape index (κ1) is 17.1. The van der Waals surface area contributed by atoms with E-state index in [1.807, 2.05) is 6.92 Å². The first-order valence-electron chi connectivity index (χ1n) is 8.73. The number of carbonyl (C=O) groups is 2. The highest BCUT2D eigenvalue weighted by Crippen LogP contribution is 2.17. The number of hydrogen-bond donors (Lipinski definition) is 2. The normalized spacial score (nSPS) is 20.1. The Kier molecular flexibility index (Phi) is 6.96. The SMILES string of the molecule is CCNC(=O)N1CCC(C(=O)NCCCN2CCCC2)CC1. The van der Waals surface area contributed by atoms with Gasteiger partial charge < -0.3 is 20.4 Å². The van der Waals surface area contributed by atoms with Crippen LogP contribution in [-0.2, 0) is 4.79 Å². The van der Waals surface area contributed by atoms with Crippen molar-refractivity contribution in [2.24, 2.45) is 5.92 Å². The van der Waals surface area contributed by atoms with Gasteiger partial charge in [0.05, 0.1) is 0 Å². The number of nitrogens with zero attached hydrogens (tertiary/aromatic N) is 2. The smallest absolute Gasteiger partial charge is 0.317 e. The summed E-state index contributed by atoms with van der Waals surface area (Å²) in [5.41, 5.74) is 0. The van der Waals surface area contributed by atoms with E-state index in [1.165, 1.54) is 25.9 Å². The third-order valence-electron chi connectivity index (χ3n) is 4.63. The van der Waals surface area contributed by atoms with Crippen LogP contribution in [0.25, 0.3) is 0 Å². The molecule has 0 aromatic rings. The lowest BCUT2D eigenvalue weighted by molar-refractivity contribution is -0.126. The number of piperidine rings is 1. The van der Waals surface area contributed by atoms with Crippen molar-refractivity contribution < 1.29 is 9.59 Å². The number of hydrogen-bond acceptors (Lipinski definition) is 3. The molecule has 2 fully saturated rings. The standard InChI is InChI=1S/C16H30N4O2/c1-2-17-16(22)20-12-6-14(7-13-20)15(21)18-8-5-11-19-9-3-4-10-19/h14H,2-13H2,1H3,(H,17,22)(H,18,21). The molecule has 0 aromatic carbocycles. The summed E-state index contributed by atoms with van der Waals surface area (Å²) in [4.78, 5) is 28.1. The average molecular weight is 310 g/mol. The molecule has 22 heavy (non-hydrogen) atoms. The van der Waals surface area contributed by atoms with Gasteiger partial charge in [-0.05, 0) is 58.7 Å². The molecule has 0 aliphatic carbocycles. The quantitative estimate of drug-likeness (QED) is 0.720. The van der Waals surface area contributed by atoms with Crippen molar-refractivity contribution in [3.8, 4) is 0 Å². The van der Waals surface area contributed by atoms with Crippen molar-refractivity contribution in [2.75, 3.05) is 45.8 Å². The molecule has 0 saturated carbocycles. The molecule has 2 heterocycles. The van der Waals surface area contributed by atoms with Gasteiger partial charge in [0, 0.05) is 32.1 Å². The molecule has 0 unspecified atom stereocenters. The van der Waals surface area contributed by atoms with Crippen LogP contribution in [0.2, 0.25) is 0 Å². The molecule has 6 heteroatoms. The molecular formula is C16H30N4O2. The van der Waals surface area contributed by atoms with Gasteiger partial charge in [-0.25, -0.2) is 4.79 Å². The highest BCUT2D eigenvalue weighted by atomic mass is 16.2. The minimum absolute atomic E-state index is 0.00743. The number of likely N-dealkylation sites (tertiary alicyclic amines) is 2. The lowest BCUT2D eigenvalue weighted by atomic mass is 9.96. The van der Waals surface area contributed by atoms with Gasteiger partial charge in [-0.15, -0.1) is 0 Å². The Bertz CT molecular complexity index is 361. The van der Waals surface area contributed by atoms with Crippen molar-refractivity contribution in [3.63, 3.8) is 0 Å². The molecule has 0 spiro atoms. The summed E-state index contributed by atoms with van der Waals surface area (Å²) in [5, 5.41) is 5.87. The number of nitrogens with one attached hydrogen (secondary N) is 2. The first-order chi connectivity index (χ1) is 10.7. The maximum absolute atomic E-state index is 12.2. The van der Waals surface area contributed by atoms with Crippen LogP contribution in [0.3, 0.4) is 0 Å². The van der Waals surface area contributed by atoms with E-state index in [-0.39, 0.29) is 17.9 Å². The van der Waals surface area contributed by atoms with Gasteiger partial charge in [-0.3, -0.25) is 4.79 Å². The van der Waals surface area contributed by atoms with Gasteiger partial charge in [-0.1, -0.05) is 0 Å². The zero-order chi connectivity index (χ0) is 15.8. The summed E-state index contributed by atoms with van der Waals surface area (Å²) in [6.07, 6.45) is 5.21. The molecule has 2 aliphatic rings. The second-order valence-electron chi connectivity index (χ2n) is 6.29. The second-order valence-corrected chi connectivity index (χ2v) is 6.29. The zero-order valence-corrected chi connectivity index (χ0v) is 13.8. The van der Waals surface area contributed by atoms with E-state index < -0.39 is 0 Å². The summed E-state index contributed by atoms with van der Waals surface area (Å²) in [6.45, 7) is 8.21. The van der Waals surface area contributed by atoms with E-state index in [0.29, 0.717) is 19.6 Å². The summed E-state index contributed by atoms with van der Waals surface area (Å²) in [6, 6.07) is -0.00743. The predicted molar refractivity (Wildman–Crippen MR) is 86.7 cm³/mol. The van der Waals surface area contributed by atoms with Crippen LogP contribution < -0.4 is 10.6 Å². The van der Waals surface area contributed by atoms with E-state index in [2.05, 4.69) is 15.5 Å². The van der Waals surface area contributed by atoms with Crippen LogP contribution in [0.5, 0.6) is 0 Å². The number of amides is 3. The van der Waals surface area contributed by atoms with Crippen LogP contribution >= 0.6 is 0 Å². The molecule has 0 bridgehead atoms. The molecule has 0 aromatic heterocycles. The van der Waals surface area contributed by atoms with Crippen molar-refractivity contribution >= 4 is 11.9 Å². The van der Waals surface area contributed by atoms with Crippen LogP contribution in [0.4, 0.5) is 4.79 Å². The summed E-state index contributed by atoms with van der Waals surface area (Å²) in [7, 11) is 0. The largest absolute Gasteiger partial charge is 0.356 e. The van der Waals surface area contributed by atoms with E-state index in [9.17, 15) is 9.59 Å². The van der Waals surface area contributed by atoms with E-state index >= 15 is 0 Å². The van der Waals surface area contributed by atoms with Crippen molar-refractivity contribution in [2.45, 2.75) is 39.0 Å². The average Bonchev–Trinajstić information content (AvgIpc) is 3.05. The second kappa shape index (κ2) is 8.98. The minimum atomic E-state index is -0.00743. The fraction of sp³-hybridized carbons (Fsp3) is 0.875. The summed E-state index contributed by atoms with van der Waals surface area (Å²) >= 11 is 0. The molecular weight excluding hydrogens is 280 g/mol. The van der Waals surface area contributed by atoms with Crippen LogP contribution in [0.15, 0.2) is 0 Å². The first-order valence-corrected chi connectivity index (χ1v) is 8.73. The molecule has 2 N–H and O–H groups in total. The Labute approximate surface area is 133 Å². The highest BCUT2D eigenvalue weighted by Gasteiger charge is 2.26. The summed E-state index contributed by atoms with van der Waals surface area (Å²) < 4.78 is 0. The van der Waals surface area contributed by atoms with Crippen LogP contribution in [0.1, 0.15) is 39.0 Å². The lowest BCUT2D eigenvalue weighted by Gasteiger charge is -2.31. The van der Waals surface area contributed by atoms with Crippen molar-refractivity contribution in [1.82, 2.24) is 20.4 Å². The minimum Gasteiger partial charge on any atom is -0.356 e. The fourth-order valence-electron chi connectivity index (χ4n) is 3.27. The Morgan fingerprint density at radius 1 is 1.05 bits per heavy atom. The maximum atomic E-state index is 12.2. The monoisotopic (exact) mass is 310 g/mol. The maximum Gasteiger partial charge on any atom is 0.317 e. The molecule has 6 nitrogen and oxygen atoms in total. The van der Waals surface area contributed by atoms with Gasteiger partial charge in [0.25, 0.3) is 0 Å². The number of urea groups is 1. The molecule has 2 rings (SSSR count). The molecule has 0 atom stereocenters. The Hall–Kier alpha value is -1.30. The predicted octanol–water partition coefficient (Wildman–Crippen LogP) is 1.03.